The Morgan fingerprint density at radius 2 is 1.18 bits per heavy atom. The van der Waals surface area contributed by atoms with Crippen molar-refractivity contribution in [2.45, 2.75) is 6.18 Å². The summed E-state index contributed by atoms with van der Waals surface area (Å²) < 4.78 is 44.1. The second-order valence-electron chi connectivity index (χ2n) is 6.44. The van der Waals surface area contributed by atoms with Gasteiger partial charge in [0.25, 0.3) is 0 Å². The molecule has 5 rings (SSSR count). The minimum absolute atomic E-state index is 0.385. The standard InChI is InChI=1S/C21H13F3N4/c22-21(23,24)16-11-17(27-9-5-14-3-1-7-25-19(14)27)13-18(12-16)28-10-6-15-4-2-8-26-20(15)28/h1-13H. The van der Waals surface area contributed by atoms with Crippen LogP contribution in [-0.4, -0.2) is 19.1 Å². The molecule has 0 saturated carbocycles. The smallest absolute Gasteiger partial charge is 0.301 e. The molecule has 0 aliphatic rings. The number of fused-ring (bicyclic) bond motifs is 2. The minimum atomic E-state index is -4.47. The first-order valence-corrected chi connectivity index (χ1v) is 8.58. The summed E-state index contributed by atoms with van der Waals surface area (Å²) in [6.45, 7) is 0. The second-order valence-corrected chi connectivity index (χ2v) is 6.44. The van der Waals surface area contributed by atoms with Crippen molar-refractivity contribution >= 4 is 22.1 Å². The van der Waals surface area contributed by atoms with Crippen LogP contribution in [0.25, 0.3) is 33.4 Å². The lowest BCUT2D eigenvalue weighted by Gasteiger charge is -2.14. The predicted octanol–water partition coefficient (Wildman–Crippen LogP) is 5.38. The number of hydrogen-bond acceptors (Lipinski definition) is 2. The fraction of sp³-hybridized carbons (Fsp3) is 0.0476. The second kappa shape index (κ2) is 5.95. The summed E-state index contributed by atoms with van der Waals surface area (Å²) in [5.74, 6) is 0. The Morgan fingerprint density at radius 3 is 1.64 bits per heavy atom. The number of aromatic nitrogens is 4. The number of halogens is 3. The molecule has 0 fully saturated rings. The molecule has 0 amide bonds. The number of hydrogen-bond donors (Lipinski definition) is 0. The molecule has 5 aromatic rings. The van der Waals surface area contributed by atoms with Crippen molar-refractivity contribution in [3.63, 3.8) is 0 Å². The van der Waals surface area contributed by atoms with E-state index < -0.39 is 11.7 Å². The van der Waals surface area contributed by atoms with Crippen LogP contribution in [0.1, 0.15) is 5.56 Å². The number of nitrogens with zero attached hydrogens (tertiary/aromatic N) is 4. The summed E-state index contributed by atoms with van der Waals surface area (Å²) in [5, 5.41) is 1.71. The highest BCUT2D eigenvalue weighted by Gasteiger charge is 2.31. The van der Waals surface area contributed by atoms with Crippen molar-refractivity contribution < 1.29 is 13.2 Å². The third-order valence-electron chi connectivity index (χ3n) is 4.68. The summed E-state index contributed by atoms with van der Waals surface area (Å²) in [6.07, 6.45) is 2.22. The van der Waals surface area contributed by atoms with Crippen molar-refractivity contribution in [1.82, 2.24) is 19.1 Å². The average molecular weight is 378 g/mol. The third kappa shape index (κ3) is 2.63. The van der Waals surface area contributed by atoms with Gasteiger partial charge in [0.15, 0.2) is 0 Å². The van der Waals surface area contributed by atoms with Crippen LogP contribution in [0.4, 0.5) is 13.2 Å². The van der Waals surface area contributed by atoms with E-state index in [0.29, 0.717) is 22.7 Å². The van der Waals surface area contributed by atoms with E-state index in [1.165, 1.54) is 0 Å². The summed E-state index contributed by atoms with van der Waals surface area (Å²) in [6, 6.07) is 15.0. The Balaban J connectivity index is 1.78. The highest BCUT2D eigenvalue weighted by molar-refractivity contribution is 5.79. The lowest BCUT2D eigenvalue weighted by molar-refractivity contribution is -0.137. The minimum Gasteiger partial charge on any atom is -0.301 e. The van der Waals surface area contributed by atoms with Gasteiger partial charge < -0.3 is 9.13 Å². The molecular weight excluding hydrogens is 365 g/mol. The van der Waals surface area contributed by atoms with Gasteiger partial charge in [-0.3, -0.25) is 0 Å². The van der Waals surface area contributed by atoms with Gasteiger partial charge in [-0.1, -0.05) is 0 Å². The number of benzene rings is 1. The molecular formula is C21H13F3N4. The lowest BCUT2D eigenvalue weighted by atomic mass is 10.1. The quantitative estimate of drug-likeness (QED) is 0.413. The van der Waals surface area contributed by atoms with Crippen LogP contribution in [0.5, 0.6) is 0 Å². The predicted molar refractivity (Wildman–Crippen MR) is 101 cm³/mol. The van der Waals surface area contributed by atoms with E-state index in [-0.39, 0.29) is 0 Å². The molecule has 0 spiro atoms. The van der Waals surface area contributed by atoms with E-state index in [2.05, 4.69) is 9.97 Å². The molecule has 4 aromatic heterocycles. The number of rotatable bonds is 2. The van der Waals surface area contributed by atoms with Crippen molar-refractivity contribution in [3.05, 3.63) is 84.9 Å². The summed E-state index contributed by atoms with van der Waals surface area (Å²) in [5.41, 5.74) is 1.25. The lowest BCUT2D eigenvalue weighted by Crippen LogP contribution is -2.08. The molecule has 1 aromatic carbocycles. The molecule has 0 saturated heterocycles. The summed E-state index contributed by atoms with van der Waals surface area (Å²) in [4.78, 5) is 8.63. The summed E-state index contributed by atoms with van der Waals surface area (Å²) >= 11 is 0. The Morgan fingerprint density at radius 1 is 0.679 bits per heavy atom. The Hall–Kier alpha value is -3.61. The zero-order valence-corrected chi connectivity index (χ0v) is 14.4. The van der Waals surface area contributed by atoms with Crippen molar-refractivity contribution in [1.29, 1.82) is 0 Å². The van der Waals surface area contributed by atoms with Gasteiger partial charge in [0.2, 0.25) is 0 Å². The third-order valence-corrected chi connectivity index (χ3v) is 4.68. The fourth-order valence-electron chi connectivity index (χ4n) is 3.39. The SMILES string of the molecule is FC(F)(F)c1cc(-n2ccc3cccnc32)cc(-n2ccc3cccnc32)c1. The van der Waals surface area contributed by atoms with Crippen LogP contribution >= 0.6 is 0 Å². The number of pyridine rings is 2. The van der Waals surface area contributed by atoms with Gasteiger partial charge in [0.05, 0.1) is 5.56 Å². The van der Waals surface area contributed by atoms with Gasteiger partial charge in [-0.25, -0.2) is 9.97 Å². The fourth-order valence-corrected chi connectivity index (χ4v) is 3.39. The molecule has 0 aliphatic carbocycles. The first kappa shape index (κ1) is 16.6. The molecule has 4 nitrogen and oxygen atoms in total. The van der Waals surface area contributed by atoms with Crippen LogP contribution in [0.15, 0.2) is 79.4 Å². The highest BCUT2D eigenvalue weighted by atomic mass is 19.4. The molecule has 0 bridgehead atoms. The van der Waals surface area contributed by atoms with E-state index in [4.69, 9.17) is 0 Å². The molecule has 7 heteroatoms. The monoisotopic (exact) mass is 378 g/mol. The molecule has 0 aliphatic heterocycles. The van der Waals surface area contributed by atoms with E-state index in [1.54, 1.807) is 52.1 Å². The van der Waals surface area contributed by atoms with E-state index >= 15 is 0 Å². The largest absolute Gasteiger partial charge is 0.416 e. The van der Waals surface area contributed by atoms with Crippen molar-refractivity contribution in [2.24, 2.45) is 0 Å². The van der Waals surface area contributed by atoms with Crippen LogP contribution < -0.4 is 0 Å². The van der Waals surface area contributed by atoms with Crippen LogP contribution in [0.2, 0.25) is 0 Å². The highest BCUT2D eigenvalue weighted by Crippen LogP contribution is 2.34. The van der Waals surface area contributed by atoms with Crippen LogP contribution in [0, 0.1) is 0 Å². The molecule has 0 unspecified atom stereocenters. The molecule has 138 valence electrons. The molecule has 4 heterocycles. The number of alkyl halides is 3. The van der Waals surface area contributed by atoms with Crippen molar-refractivity contribution in [2.75, 3.05) is 0 Å². The van der Waals surface area contributed by atoms with Gasteiger partial charge in [0.1, 0.15) is 11.3 Å². The molecule has 28 heavy (non-hydrogen) atoms. The van der Waals surface area contributed by atoms with E-state index in [9.17, 15) is 13.2 Å². The average Bonchev–Trinajstić information content (AvgIpc) is 3.31. The van der Waals surface area contributed by atoms with E-state index in [0.717, 1.165) is 22.9 Å². The van der Waals surface area contributed by atoms with Gasteiger partial charge in [-0.2, -0.15) is 13.2 Å². The van der Waals surface area contributed by atoms with Crippen LogP contribution in [0.3, 0.4) is 0 Å². The first-order chi connectivity index (χ1) is 13.5. The van der Waals surface area contributed by atoms with Crippen LogP contribution in [-0.2, 0) is 6.18 Å². The van der Waals surface area contributed by atoms with Gasteiger partial charge in [-0.05, 0) is 54.6 Å². The zero-order valence-electron chi connectivity index (χ0n) is 14.4. The topological polar surface area (TPSA) is 35.6 Å². The maximum atomic E-state index is 13.6. The van der Waals surface area contributed by atoms with Gasteiger partial charge in [0, 0.05) is 46.9 Å². The Bertz CT molecular complexity index is 1220. The zero-order chi connectivity index (χ0) is 19.3. The first-order valence-electron chi connectivity index (χ1n) is 8.58. The molecule has 0 N–H and O–H groups in total. The molecule has 0 atom stereocenters. The maximum Gasteiger partial charge on any atom is 0.416 e. The van der Waals surface area contributed by atoms with Crippen molar-refractivity contribution in [3.8, 4) is 11.4 Å². The maximum absolute atomic E-state index is 13.6. The van der Waals surface area contributed by atoms with E-state index in [1.807, 2.05) is 24.3 Å². The Labute approximate surface area is 157 Å². The normalized spacial score (nSPS) is 12.1. The van der Waals surface area contributed by atoms with Gasteiger partial charge in [-0.15, -0.1) is 0 Å². The summed E-state index contributed by atoms with van der Waals surface area (Å²) in [7, 11) is 0. The molecule has 0 radical (unpaired) electrons. The Kier molecular flexibility index (Phi) is 3.52. The van der Waals surface area contributed by atoms with Gasteiger partial charge >= 0.3 is 6.18 Å².